The number of halogens is 1. The van der Waals surface area contributed by atoms with Gasteiger partial charge in [0.25, 0.3) is 11.7 Å². The molecule has 4 aliphatic rings. The molecule has 14 atom stereocenters. The lowest BCUT2D eigenvalue weighted by molar-refractivity contribution is -0.302. The number of methoxy groups -OCH3 is 2. The molecule has 2 bridgehead atoms. The van der Waals surface area contributed by atoms with Gasteiger partial charge in [-0.15, -0.1) is 6.58 Å². The molecule has 1 amide bonds. The van der Waals surface area contributed by atoms with Crippen molar-refractivity contribution < 1.29 is 67.4 Å². The number of amides is 1. The second kappa shape index (κ2) is 22.1. The second-order valence-electron chi connectivity index (χ2n) is 17.7. The number of fused-ring (bicyclic) bond motifs is 3. The van der Waals surface area contributed by atoms with Crippen molar-refractivity contribution >= 4 is 29.4 Å². The molecule has 3 fully saturated rings. The molecule has 4 rings (SSSR count). The summed E-state index contributed by atoms with van der Waals surface area (Å²) < 4.78 is 44.6. The monoisotopic (exact) mass is 849 g/mol. The average molecular weight is 850 g/mol. The van der Waals surface area contributed by atoms with Crippen molar-refractivity contribution in [2.45, 2.75) is 160 Å². The zero-order chi connectivity index (χ0) is 44.5. The first-order valence-corrected chi connectivity index (χ1v) is 21.5. The van der Waals surface area contributed by atoms with E-state index in [2.05, 4.69) is 6.58 Å². The van der Waals surface area contributed by atoms with Crippen LogP contribution in [-0.2, 0) is 47.7 Å². The number of hydrogen-bond acceptors (Lipinski definition) is 12. The van der Waals surface area contributed by atoms with E-state index in [1.54, 1.807) is 32.9 Å². The third-order valence-electron chi connectivity index (χ3n) is 12.9. The maximum absolute atomic E-state index is 15.2. The number of rotatable bonds is 9. The molecular weight excluding hydrogens is 781 g/mol. The molecule has 0 spiro atoms. The lowest BCUT2D eigenvalue weighted by Crippen LogP contribution is -2.64. The van der Waals surface area contributed by atoms with Crippen LogP contribution < -0.4 is 0 Å². The Morgan fingerprint density at radius 3 is 2.33 bits per heavy atom. The van der Waals surface area contributed by atoms with Crippen LogP contribution in [0.1, 0.15) is 105 Å². The van der Waals surface area contributed by atoms with Gasteiger partial charge in [0.1, 0.15) is 36.8 Å². The van der Waals surface area contributed by atoms with Crippen LogP contribution in [-0.4, -0.2) is 132 Å². The number of aliphatic hydroxyl groups is 2. The fraction of sp³-hybridized carbons (Fsp3) is 0.756. The Bertz CT molecular complexity index is 1600. The molecule has 0 radical (unpaired) electrons. The van der Waals surface area contributed by atoms with E-state index in [-0.39, 0.29) is 56.3 Å². The summed E-state index contributed by atoms with van der Waals surface area (Å²) in [5, 5.41) is 32.7. The van der Waals surface area contributed by atoms with Crippen molar-refractivity contribution in [2.75, 3.05) is 27.4 Å². The standard InChI is InChI=1S/C45H68FNO13/c1-9-12-31-18-25(2)17-26(3)19-37(56-7)41-38(57-8)21-28(5)45(55,60-41)42(52)43(53)47-16-11-10-13-33(47)44(54)59-40(29(6)34(48)23-35(31)49)27(4)20-30-14-15-36(32(46)22-30)58-24-39(50)51/h9,18,20,26,28-34,36-38,40-41,48,55H,1,10-17,19,21-24H2,2-8H3,(H,50,51)/b25-18+,27-20+/t26-,28+,29+,30-,31+,32?,33-,34-,36+,37-,38-,40+,41+,45+/m0/s1. The van der Waals surface area contributed by atoms with Crippen molar-refractivity contribution in [3.8, 4) is 0 Å². The zero-order valence-corrected chi connectivity index (χ0v) is 36.4. The number of carboxylic acid groups (broad SMARTS) is 1. The molecular formula is C45H68FNO13. The van der Waals surface area contributed by atoms with Gasteiger partial charge in [-0.2, -0.15) is 0 Å². The highest BCUT2D eigenvalue weighted by molar-refractivity contribution is 6.39. The Kier molecular flexibility index (Phi) is 18.2. The Hall–Kier alpha value is -3.34. The average Bonchev–Trinajstić information content (AvgIpc) is 3.20. The number of cyclic esters (lactones) is 1. The number of ketones is 2. The van der Waals surface area contributed by atoms with E-state index in [0.717, 1.165) is 10.5 Å². The zero-order valence-electron chi connectivity index (χ0n) is 36.4. The number of hydrogen-bond donors (Lipinski definition) is 3. The Balaban J connectivity index is 1.75. The molecule has 3 heterocycles. The fourth-order valence-corrected chi connectivity index (χ4v) is 9.51. The molecule has 0 aromatic rings. The summed E-state index contributed by atoms with van der Waals surface area (Å²) in [6, 6.07) is -1.22. The number of aliphatic hydroxyl groups excluding tert-OH is 1. The van der Waals surface area contributed by atoms with Crippen molar-refractivity contribution in [2.24, 2.45) is 29.6 Å². The third kappa shape index (κ3) is 12.2. The fourth-order valence-electron chi connectivity index (χ4n) is 9.51. The summed E-state index contributed by atoms with van der Waals surface area (Å²) in [5.41, 5.74) is 1.41. The maximum Gasteiger partial charge on any atom is 0.329 e. The quantitative estimate of drug-likeness (QED) is 0.158. The van der Waals surface area contributed by atoms with Crippen molar-refractivity contribution in [3.05, 3.63) is 36.0 Å². The Morgan fingerprint density at radius 2 is 1.70 bits per heavy atom. The van der Waals surface area contributed by atoms with Crippen LogP contribution in [0.25, 0.3) is 0 Å². The molecule has 2 saturated heterocycles. The number of nitrogens with zero attached hydrogens (tertiary/aromatic N) is 1. The van der Waals surface area contributed by atoms with Crippen molar-refractivity contribution in [1.82, 2.24) is 4.90 Å². The highest BCUT2D eigenvalue weighted by Gasteiger charge is 2.56. The van der Waals surface area contributed by atoms with Crippen LogP contribution in [0, 0.1) is 29.6 Å². The number of aliphatic carboxylic acids is 1. The Morgan fingerprint density at radius 1 is 1.02 bits per heavy atom. The van der Waals surface area contributed by atoms with Crippen LogP contribution in [0.5, 0.6) is 0 Å². The number of carbonyl (C=O) groups is 5. The molecule has 1 unspecified atom stereocenters. The minimum atomic E-state index is -2.55. The number of Topliss-reactive ketones (excluding diaryl/α,β-unsaturated/α-hetero) is 2. The second-order valence-corrected chi connectivity index (χ2v) is 17.7. The molecule has 3 aliphatic heterocycles. The van der Waals surface area contributed by atoms with Crippen molar-refractivity contribution in [1.29, 1.82) is 0 Å². The van der Waals surface area contributed by atoms with Gasteiger partial charge in [-0.3, -0.25) is 14.4 Å². The molecule has 1 saturated carbocycles. The molecule has 14 nitrogen and oxygen atoms in total. The number of carboxylic acids is 1. The molecule has 0 aromatic heterocycles. The van der Waals surface area contributed by atoms with Crippen molar-refractivity contribution in [3.63, 3.8) is 0 Å². The van der Waals surface area contributed by atoms with Gasteiger partial charge in [0.05, 0.1) is 24.4 Å². The molecule has 338 valence electrons. The number of piperidine rings is 1. The van der Waals surface area contributed by atoms with Gasteiger partial charge < -0.3 is 43.9 Å². The van der Waals surface area contributed by atoms with Gasteiger partial charge in [0.15, 0.2) is 0 Å². The first-order chi connectivity index (χ1) is 28.3. The van der Waals surface area contributed by atoms with E-state index < -0.39 is 103 Å². The predicted octanol–water partition coefficient (Wildman–Crippen LogP) is 5.07. The minimum absolute atomic E-state index is 0.0240. The van der Waals surface area contributed by atoms with Crippen LogP contribution in [0.3, 0.4) is 0 Å². The first-order valence-electron chi connectivity index (χ1n) is 21.5. The number of carbonyl (C=O) groups excluding carboxylic acids is 4. The van der Waals surface area contributed by atoms with Crippen LogP contribution in [0.15, 0.2) is 36.0 Å². The Labute approximate surface area is 353 Å². The van der Waals surface area contributed by atoms with Gasteiger partial charge >= 0.3 is 11.9 Å². The summed E-state index contributed by atoms with van der Waals surface area (Å²) in [6.45, 7) is 12.2. The SMILES string of the molecule is C=CC[C@@H]1/C=C(\C)C[C@H](C)C[C@H](OC)[C@H]2O[C@@](O)(C(=O)C(=O)N3CCCC[C@H]3C(=O)O[C@H](/C(C)=C/[C@@H]3CC[C@@H](OCC(=O)O)C(F)C3)[C@H](C)[C@@H](O)CC1=O)[C@H](C)C[C@@H]2OC. The van der Waals surface area contributed by atoms with E-state index >= 15 is 4.39 Å². The molecule has 0 aromatic carbocycles. The van der Waals surface area contributed by atoms with Gasteiger partial charge in [0.2, 0.25) is 5.79 Å². The first kappa shape index (κ1) is 49.3. The maximum atomic E-state index is 15.2. The number of allylic oxidation sites excluding steroid dienone is 4. The highest BCUT2D eigenvalue weighted by atomic mass is 19.1. The summed E-state index contributed by atoms with van der Waals surface area (Å²) in [5.74, 6) is -9.80. The lowest BCUT2D eigenvalue weighted by Gasteiger charge is -2.47. The van der Waals surface area contributed by atoms with Gasteiger partial charge in [-0.1, -0.05) is 44.6 Å². The predicted molar refractivity (Wildman–Crippen MR) is 218 cm³/mol. The van der Waals surface area contributed by atoms with Gasteiger partial charge in [0, 0.05) is 44.9 Å². The highest BCUT2D eigenvalue weighted by Crippen LogP contribution is 2.39. The molecule has 3 N–H and O–H groups in total. The van der Waals surface area contributed by atoms with Crippen LogP contribution in [0.4, 0.5) is 4.39 Å². The van der Waals surface area contributed by atoms with Gasteiger partial charge in [-0.25, -0.2) is 14.0 Å². The number of esters is 1. The van der Waals surface area contributed by atoms with Crippen LogP contribution in [0.2, 0.25) is 0 Å². The van der Waals surface area contributed by atoms with E-state index in [4.69, 9.17) is 28.8 Å². The summed E-state index contributed by atoms with van der Waals surface area (Å²) in [7, 11) is 3.01. The molecule has 1 aliphatic carbocycles. The topological polar surface area (TPSA) is 195 Å². The summed E-state index contributed by atoms with van der Waals surface area (Å²) in [6.07, 6.45) is 1.57. The van der Waals surface area contributed by atoms with Gasteiger partial charge in [-0.05, 0) is 95.5 Å². The largest absolute Gasteiger partial charge is 0.480 e. The lowest BCUT2D eigenvalue weighted by atomic mass is 9.82. The van der Waals surface area contributed by atoms with E-state index in [1.165, 1.54) is 14.2 Å². The van der Waals surface area contributed by atoms with Crippen LogP contribution >= 0.6 is 0 Å². The number of alkyl halides is 1. The van der Waals surface area contributed by atoms with E-state index in [9.17, 15) is 34.2 Å². The minimum Gasteiger partial charge on any atom is -0.480 e. The van der Waals surface area contributed by atoms with E-state index in [0.29, 0.717) is 44.1 Å². The molecule has 60 heavy (non-hydrogen) atoms. The smallest absolute Gasteiger partial charge is 0.329 e. The normalized spacial score (nSPS) is 39.4. The third-order valence-corrected chi connectivity index (χ3v) is 12.9. The number of ether oxygens (including phenoxy) is 5. The summed E-state index contributed by atoms with van der Waals surface area (Å²) in [4.78, 5) is 68.8. The molecule has 15 heteroatoms. The van der Waals surface area contributed by atoms with E-state index in [1.807, 2.05) is 19.9 Å². The summed E-state index contributed by atoms with van der Waals surface area (Å²) >= 11 is 0.